The highest BCUT2D eigenvalue weighted by Gasteiger charge is 2.07. The Bertz CT molecular complexity index is 1010. The Morgan fingerprint density at radius 3 is 2.44 bits per heavy atom. The fourth-order valence-corrected chi connectivity index (χ4v) is 3.09. The van der Waals surface area contributed by atoms with Crippen LogP contribution in [0.5, 0.6) is 0 Å². The van der Waals surface area contributed by atoms with Crippen molar-refractivity contribution in [3.05, 3.63) is 82.3 Å². The second-order valence-corrected chi connectivity index (χ2v) is 6.59. The summed E-state index contributed by atoms with van der Waals surface area (Å²) in [5, 5.41) is 5.46. The molecule has 0 fully saturated rings. The quantitative estimate of drug-likeness (QED) is 0.465. The average molecular weight is 400 g/mol. The van der Waals surface area contributed by atoms with Gasteiger partial charge in [-0.1, -0.05) is 65.7 Å². The van der Waals surface area contributed by atoms with Gasteiger partial charge < -0.3 is 10.1 Å². The molecule has 0 saturated carbocycles. The number of hydrogen-bond acceptors (Lipinski definition) is 3. The third kappa shape index (κ3) is 5.33. The van der Waals surface area contributed by atoms with E-state index < -0.39 is 18.5 Å². The first-order valence-corrected chi connectivity index (χ1v) is 8.85. The van der Waals surface area contributed by atoms with Crippen molar-refractivity contribution in [3.63, 3.8) is 0 Å². The first kappa shape index (κ1) is 19.0. The molecule has 0 aromatic heterocycles. The molecule has 0 atom stereocenters. The summed E-state index contributed by atoms with van der Waals surface area (Å²) in [6.07, 6.45) is 2.96. The third-order valence-electron chi connectivity index (χ3n) is 3.71. The van der Waals surface area contributed by atoms with Crippen molar-refractivity contribution in [1.29, 1.82) is 0 Å². The standard InChI is InChI=1S/C21H15Cl2NO3/c22-16-10-17(23)12-18(11-16)24-20(25)13-27-21(26)9-8-15-6-3-5-14-4-1-2-7-19(14)15/h1-12H,13H2,(H,24,25). The second kappa shape index (κ2) is 8.71. The van der Waals surface area contributed by atoms with Crippen LogP contribution in [0.3, 0.4) is 0 Å². The van der Waals surface area contributed by atoms with Gasteiger partial charge in [0, 0.05) is 21.8 Å². The molecule has 3 rings (SSSR count). The molecule has 1 amide bonds. The minimum absolute atomic E-state index is 0.396. The predicted octanol–water partition coefficient (Wildman–Crippen LogP) is 5.34. The number of halogens is 2. The van der Waals surface area contributed by atoms with Crippen LogP contribution in [0.4, 0.5) is 5.69 Å². The summed E-state index contributed by atoms with van der Waals surface area (Å²) in [5.74, 6) is -1.09. The van der Waals surface area contributed by atoms with E-state index in [-0.39, 0.29) is 0 Å². The summed E-state index contributed by atoms with van der Waals surface area (Å²) < 4.78 is 4.97. The number of nitrogens with one attached hydrogen (secondary N) is 1. The monoisotopic (exact) mass is 399 g/mol. The maximum Gasteiger partial charge on any atom is 0.331 e. The Morgan fingerprint density at radius 2 is 1.67 bits per heavy atom. The molecular formula is C21H15Cl2NO3. The molecule has 4 nitrogen and oxygen atoms in total. The molecule has 0 spiro atoms. The van der Waals surface area contributed by atoms with Gasteiger partial charge in [-0.3, -0.25) is 4.79 Å². The van der Waals surface area contributed by atoms with Crippen LogP contribution in [-0.4, -0.2) is 18.5 Å². The van der Waals surface area contributed by atoms with Crippen LogP contribution < -0.4 is 5.32 Å². The van der Waals surface area contributed by atoms with Crippen LogP contribution in [0.25, 0.3) is 16.8 Å². The van der Waals surface area contributed by atoms with Gasteiger partial charge in [0.2, 0.25) is 0 Å². The molecule has 0 aliphatic rings. The maximum atomic E-state index is 11.9. The molecule has 0 saturated heterocycles. The number of fused-ring (bicyclic) bond motifs is 1. The Labute approximate surface area is 166 Å². The van der Waals surface area contributed by atoms with Gasteiger partial charge in [-0.25, -0.2) is 4.79 Å². The highest BCUT2D eigenvalue weighted by molar-refractivity contribution is 6.35. The molecular weight excluding hydrogens is 385 g/mol. The summed E-state index contributed by atoms with van der Waals surface area (Å²) in [5.41, 5.74) is 1.32. The van der Waals surface area contributed by atoms with Crippen LogP contribution in [-0.2, 0) is 14.3 Å². The van der Waals surface area contributed by atoms with E-state index in [9.17, 15) is 9.59 Å². The highest BCUT2D eigenvalue weighted by atomic mass is 35.5. The van der Waals surface area contributed by atoms with Crippen LogP contribution in [0.15, 0.2) is 66.7 Å². The third-order valence-corrected chi connectivity index (χ3v) is 4.15. The first-order valence-electron chi connectivity index (χ1n) is 8.10. The van der Waals surface area contributed by atoms with Crippen molar-refractivity contribution in [2.24, 2.45) is 0 Å². The van der Waals surface area contributed by atoms with Gasteiger partial charge in [0.25, 0.3) is 5.91 Å². The van der Waals surface area contributed by atoms with Gasteiger partial charge in [0.05, 0.1) is 0 Å². The fraction of sp³-hybridized carbons (Fsp3) is 0.0476. The SMILES string of the molecule is O=C(COC(=O)C=Cc1cccc2ccccc12)Nc1cc(Cl)cc(Cl)c1. The van der Waals surface area contributed by atoms with Crippen LogP contribution >= 0.6 is 23.2 Å². The van der Waals surface area contributed by atoms with E-state index in [0.29, 0.717) is 15.7 Å². The molecule has 0 heterocycles. The maximum absolute atomic E-state index is 11.9. The van der Waals surface area contributed by atoms with E-state index in [1.54, 1.807) is 24.3 Å². The molecule has 0 unspecified atom stereocenters. The molecule has 27 heavy (non-hydrogen) atoms. The van der Waals surface area contributed by atoms with Gasteiger partial charge in [-0.05, 0) is 40.6 Å². The van der Waals surface area contributed by atoms with Gasteiger partial charge in [-0.2, -0.15) is 0 Å². The summed E-state index contributed by atoms with van der Waals surface area (Å²) in [6, 6.07) is 18.3. The van der Waals surface area contributed by atoms with Gasteiger partial charge in [0.1, 0.15) is 0 Å². The number of benzene rings is 3. The van der Waals surface area contributed by atoms with Crippen LogP contribution in [0, 0.1) is 0 Å². The van der Waals surface area contributed by atoms with Crippen LogP contribution in [0.2, 0.25) is 10.0 Å². The normalized spacial score (nSPS) is 10.9. The van der Waals surface area contributed by atoms with Crippen molar-refractivity contribution in [3.8, 4) is 0 Å². The zero-order chi connectivity index (χ0) is 19.2. The summed E-state index contributed by atoms with van der Waals surface area (Å²) in [4.78, 5) is 23.8. The largest absolute Gasteiger partial charge is 0.452 e. The zero-order valence-corrected chi connectivity index (χ0v) is 15.6. The van der Waals surface area contributed by atoms with E-state index in [2.05, 4.69) is 5.32 Å². The van der Waals surface area contributed by atoms with Crippen molar-refractivity contribution in [1.82, 2.24) is 0 Å². The minimum Gasteiger partial charge on any atom is -0.452 e. The summed E-state index contributed by atoms with van der Waals surface area (Å²) in [7, 11) is 0. The minimum atomic E-state index is -0.609. The highest BCUT2D eigenvalue weighted by Crippen LogP contribution is 2.22. The fourth-order valence-electron chi connectivity index (χ4n) is 2.56. The lowest BCUT2D eigenvalue weighted by molar-refractivity contribution is -0.142. The van der Waals surface area contributed by atoms with Crippen molar-refractivity contribution >= 4 is 57.6 Å². The van der Waals surface area contributed by atoms with Gasteiger partial charge in [0.15, 0.2) is 6.61 Å². The number of anilines is 1. The Kier molecular flexibility index (Phi) is 6.12. The Hall–Kier alpha value is -2.82. The molecule has 1 N–H and O–H groups in total. The smallest absolute Gasteiger partial charge is 0.331 e. The van der Waals surface area contributed by atoms with Crippen molar-refractivity contribution in [2.75, 3.05) is 11.9 Å². The van der Waals surface area contributed by atoms with E-state index in [0.717, 1.165) is 16.3 Å². The molecule has 6 heteroatoms. The topological polar surface area (TPSA) is 55.4 Å². The lowest BCUT2D eigenvalue weighted by Crippen LogP contribution is -2.20. The van der Waals surface area contributed by atoms with E-state index in [4.69, 9.17) is 27.9 Å². The lowest BCUT2D eigenvalue weighted by atomic mass is 10.0. The zero-order valence-electron chi connectivity index (χ0n) is 14.1. The van der Waals surface area contributed by atoms with E-state index >= 15 is 0 Å². The van der Waals surface area contributed by atoms with Gasteiger partial charge in [-0.15, -0.1) is 0 Å². The number of carbonyl (C=O) groups is 2. The van der Waals surface area contributed by atoms with E-state index in [1.165, 1.54) is 6.08 Å². The first-order chi connectivity index (χ1) is 13.0. The number of hydrogen-bond donors (Lipinski definition) is 1. The number of amides is 1. The van der Waals surface area contributed by atoms with Gasteiger partial charge >= 0.3 is 5.97 Å². The van der Waals surface area contributed by atoms with Crippen molar-refractivity contribution in [2.45, 2.75) is 0 Å². The summed E-state index contributed by atoms with van der Waals surface area (Å²) in [6.45, 7) is -0.414. The number of carbonyl (C=O) groups excluding carboxylic acids is 2. The molecule has 0 aliphatic heterocycles. The van der Waals surface area contributed by atoms with E-state index in [1.807, 2.05) is 42.5 Å². The average Bonchev–Trinajstić information content (AvgIpc) is 2.64. The molecule has 0 aliphatic carbocycles. The molecule has 0 radical (unpaired) electrons. The predicted molar refractivity (Wildman–Crippen MR) is 109 cm³/mol. The number of esters is 1. The molecule has 0 bridgehead atoms. The molecule has 3 aromatic rings. The van der Waals surface area contributed by atoms with Crippen molar-refractivity contribution < 1.29 is 14.3 Å². The lowest BCUT2D eigenvalue weighted by Gasteiger charge is -2.06. The molecule has 3 aromatic carbocycles. The number of rotatable bonds is 5. The van der Waals surface area contributed by atoms with Crippen LogP contribution in [0.1, 0.15) is 5.56 Å². The molecule has 136 valence electrons. The second-order valence-electron chi connectivity index (χ2n) is 5.72. The Balaban J connectivity index is 1.57. The number of ether oxygens (including phenoxy) is 1. The Morgan fingerprint density at radius 1 is 0.963 bits per heavy atom. The summed E-state index contributed by atoms with van der Waals surface area (Å²) >= 11 is 11.7.